The summed E-state index contributed by atoms with van der Waals surface area (Å²) in [6, 6.07) is 17.4. The van der Waals surface area contributed by atoms with Gasteiger partial charge in [0.25, 0.3) is 5.91 Å². The number of halogens is 1. The van der Waals surface area contributed by atoms with Gasteiger partial charge in [-0.25, -0.2) is 4.39 Å². The largest absolute Gasteiger partial charge is 0.507 e. The second kappa shape index (κ2) is 7.70. The molecule has 5 heteroatoms. The summed E-state index contributed by atoms with van der Waals surface area (Å²) in [5, 5.41) is 12.5. The molecule has 131 valence electrons. The summed E-state index contributed by atoms with van der Waals surface area (Å²) in [5.41, 5.74) is 1.69. The van der Waals surface area contributed by atoms with E-state index in [4.69, 9.17) is 4.74 Å². The molecule has 0 saturated heterocycles. The van der Waals surface area contributed by atoms with Crippen molar-refractivity contribution >= 4 is 5.91 Å². The van der Waals surface area contributed by atoms with Gasteiger partial charge in [-0.2, -0.15) is 0 Å². The van der Waals surface area contributed by atoms with E-state index >= 15 is 0 Å². The van der Waals surface area contributed by atoms with Crippen LogP contribution in [-0.2, 0) is 6.54 Å². The van der Waals surface area contributed by atoms with Gasteiger partial charge in [0.15, 0.2) is 0 Å². The number of carbonyl (C=O) groups excluding carboxylic acids is 1. The maximum absolute atomic E-state index is 13.0. The van der Waals surface area contributed by atoms with Crippen LogP contribution >= 0.6 is 0 Å². The number of hydrogen-bond acceptors (Lipinski definition) is 3. The first-order chi connectivity index (χ1) is 12.5. The van der Waals surface area contributed by atoms with Crippen molar-refractivity contribution in [3.05, 3.63) is 96.2 Å². The van der Waals surface area contributed by atoms with Gasteiger partial charge in [-0.3, -0.25) is 4.79 Å². The van der Waals surface area contributed by atoms with Crippen molar-refractivity contribution in [3.8, 4) is 17.2 Å². The van der Waals surface area contributed by atoms with Gasteiger partial charge in [0.1, 0.15) is 23.1 Å². The topological polar surface area (TPSA) is 58.6 Å². The van der Waals surface area contributed by atoms with E-state index in [9.17, 15) is 14.3 Å². The standard InChI is InChI=1S/C21H17FNO3/c1-14-6-7-15(12-20(14)26-17-10-8-16(22)9-11-17)13-23-21(25)18-4-2-3-5-19(18)24/h2-12,24H,1,13H2,(H,23,25). The lowest BCUT2D eigenvalue weighted by Crippen LogP contribution is -2.22. The summed E-state index contributed by atoms with van der Waals surface area (Å²) in [6.45, 7) is 4.17. The Morgan fingerprint density at radius 3 is 2.54 bits per heavy atom. The van der Waals surface area contributed by atoms with Crippen molar-refractivity contribution in [2.75, 3.05) is 0 Å². The van der Waals surface area contributed by atoms with E-state index in [1.807, 2.05) is 6.07 Å². The summed E-state index contributed by atoms with van der Waals surface area (Å²) < 4.78 is 18.7. The third-order valence-corrected chi connectivity index (χ3v) is 3.77. The molecule has 2 N–H and O–H groups in total. The zero-order valence-electron chi connectivity index (χ0n) is 13.9. The number of carbonyl (C=O) groups is 1. The van der Waals surface area contributed by atoms with Gasteiger partial charge >= 0.3 is 0 Å². The number of benzene rings is 3. The lowest BCUT2D eigenvalue weighted by Gasteiger charge is -2.12. The smallest absolute Gasteiger partial charge is 0.255 e. The van der Waals surface area contributed by atoms with Crippen LogP contribution in [0.3, 0.4) is 0 Å². The average Bonchev–Trinajstić information content (AvgIpc) is 2.64. The van der Waals surface area contributed by atoms with Crippen LogP contribution in [0.4, 0.5) is 4.39 Å². The van der Waals surface area contributed by atoms with Crippen LogP contribution in [0, 0.1) is 12.7 Å². The molecule has 0 aromatic heterocycles. The Hall–Kier alpha value is -3.34. The number of para-hydroxylation sites is 1. The van der Waals surface area contributed by atoms with Gasteiger partial charge in [-0.05, 0) is 60.5 Å². The van der Waals surface area contributed by atoms with Gasteiger partial charge in [0.05, 0.1) is 5.56 Å². The van der Waals surface area contributed by atoms with E-state index in [1.165, 1.54) is 30.3 Å². The van der Waals surface area contributed by atoms with Crippen LogP contribution in [-0.4, -0.2) is 11.0 Å². The van der Waals surface area contributed by atoms with Crippen LogP contribution in [0.1, 0.15) is 21.5 Å². The molecular weight excluding hydrogens is 333 g/mol. The van der Waals surface area contributed by atoms with Gasteiger partial charge in [0.2, 0.25) is 0 Å². The Morgan fingerprint density at radius 1 is 1.08 bits per heavy atom. The lowest BCUT2D eigenvalue weighted by molar-refractivity contribution is 0.0948. The molecule has 26 heavy (non-hydrogen) atoms. The highest BCUT2D eigenvalue weighted by Gasteiger charge is 2.10. The Labute approximate surface area is 150 Å². The molecule has 0 bridgehead atoms. The molecule has 0 atom stereocenters. The minimum absolute atomic E-state index is 0.0709. The monoisotopic (exact) mass is 350 g/mol. The minimum atomic E-state index is -0.372. The average molecular weight is 350 g/mol. The zero-order chi connectivity index (χ0) is 18.5. The summed E-state index contributed by atoms with van der Waals surface area (Å²) in [5.74, 6) is 0.228. The van der Waals surface area contributed by atoms with Crippen molar-refractivity contribution in [2.45, 2.75) is 6.54 Å². The van der Waals surface area contributed by atoms with Gasteiger partial charge in [-0.1, -0.05) is 24.3 Å². The fourth-order valence-electron chi connectivity index (χ4n) is 2.38. The number of rotatable bonds is 5. The molecule has 0 unspecified atom stereocenters. The molecule has 0 aliphatic carbocycles. The number of nitrogens with one attached hydrogen (secondary N) is 1. The minimum Gasteiger partial charge on any atom is -0.507 e. The summed E-state index contributed by atoms with van der Waals surface area (Å²) in [6.07, 6.45) is 0. The number of aromatic hydroxyl groups is 1. The van der Waals surface area contributed by atoms with E-state index in [-0.39, 0.29) is 29.6 Å². The number of amides is 1. The van der Waals surface area contributed by atoms with E-state index in [0.717, 1.165) is 5.56 Å². The van der Waals surface area contributed by atoms with Crippen LogP contribution in [0.2, 0.25) is 0 Å². The highest BCUT2D eigenvalue weighted by atomic mass is 19.1. The third kappa shape index (κ3) is 4.19. The third-order valence-electron chi connectivity index (χ3n) is 3.77. The summed E-state index contributed by atoms with van der Waals surface area (Å²) in [7, 11) is 0. The molecule has 0 heterocycles. The first kappa shape index (κ1) is 17.5. The predicted molar refractivity (Wildman–Crippen MR) is 96.7 cm³/mol. The Kier molecular flexibility index (Phi) is 5.17. The first-order valence-electron chi connectivity index (χ1n) is 7.97. The molecule has 0 fully saturated rings. The maximum Gasteiger partial charge on any atom is 0.255 e. The molecule has 1 amide bonds. The fraction of sp³-hybridized carbons (Fsp3) is 0.0476. The lowest BCUT2D eigenvalue weighted by atomic mass is 10.1. The van der Waals surface area contributed by atoms with Crippen molar-refractivity contribution in [2.24, 2.45) is 0 Å². The second-order valence-electron chi connectivity index (χ2n) is 5.70. The number of phenols is 1. The SMILES string of the molecule is [CH2]c1ccc(CNC(=O)c2ccccc2O)cc1Oc1ccc(F)cc1. The molecular formula is C21H17FNO3. The quantitative estimate of drug-likeness (QED) is 0.715. The molecule has 0 spiro atoms. The highest BCUT2D eigenvalue weighted by Crippen LogP contribution is 2.26. The fourth-order valence-corrected chi connectivity index (χ4v) is 2.38. The van der Waals surface area contributed by atoms with Crippen LogP contribution in [0.5, 0.6) is 17.2 Å². The molecule has 1 radical (unpaired) electrons. The predicted octanol–water partition coefficient (Wildman–Crippen LogP) is 4.44. The Morgan fingerprint density at radius 2 is 1.81 bits per heavy atom. The number of ether oxygens (including phenoxy) is 1. The van der Waals surface area contributed by atoms with Crippen molar-refractivity contribution in [1.29, 1.82) is 0 Å². The van der Waals surface area contributed by atoms with Crippen molar-refractivity contribution in [1.82, 2.24) is 5.32 Å². The second-order valence-corrected chi connectivity index (χ2v) is 5.70. The zero-order valence-corrected chi connectivity index (χ0v) is 13.9. The molecule has 0 aliphatic heterocycles. The molecule has 4 nitrogen and oxygen atoms in total. The van der Waals surface area contributed by atoms with Crippen LogP contribution in [0.15, 0.2) is 66.7 Å². The summed E-state index contributed by atoms with van der Waals surface area (Å²) in [4.78, 5) is 12.2. The van der Waals surface area contributed by atoms with E-state index in [0.29, 0.717) is 17.1 Å². The van der Waals surface area contributed by atoms with Crippen LogP contribution < -0.4 is 10.1 Å². The maximum atomic E-state index is 13.0. The molecule has 0 saturated carbocycles. The van der Waals surface area contributed by atoms with E-state index in [1.54, 1.807) is 30.3 Å². The first-order valence-corrected chi connectivity index (χ1v) is 7.97. The van der Waals surface area contributed by atoms with E-state index < -0.39 is 0 Å². The summed E-state index contributed by atoms with van der Waals surface area (Å²) >= 11 is 0. The normalized spacial score (nSPS) is 10.4. The van der Waals surface area contributed by atoms with Gasteiger partial charge in [-0.15, -0.1) is 0 Å². The number of phenolic OH excluding ortho intramolecular Hbond substituents is 1. The Balaban J connectivity index is 1.70. The molecule has 3 aromatic carbocycles. The Bertz CT molecular complexity index is 923. The molecule has 3 rings (SSSR count). The molecule has 3 aromatic rings. The van der Waals surface area contributed by atoms with Gasteiger partial charge in [0, 0.05) is 6.54 Å². The highest BCUT2D eigenvalue weighted by molar-refractivity contribution is 5.96. The molecule has 0 aliphatic rings. The van der Waals surface area contributed by atoms with E-state index in [2.05, 4.69) is 12.2 Å². The van der Waals surface area contributed by atoms with Crippen molar-refractivity contribution in [3.63, 3.8) is 0 Å². The van der Waals surface area contributed by atoms with Gasteiger partial charge < -0.3 is 15.2 Å². The van der Waals surface area contributed by atoms with Crippen LogP contribution in [0.25, 0.3) is 0 Å². The van der Waals surface area contributed by atoms with Crippen molar-refractivity contribution < 1.29 is 19.0 Å². The number of hydrogen-bond donors (Lipinski definition) is 2.